The minimum atomic E-state index is -0.442. The average Bonchev–Trinajstić information content (AvgIpc) is 2.40. The van der Waals surface area contributed by atoms with Gasteiger partial charge in [-0.1, -0.05) is 52.9 Å². The fraction of sp³-hybridized carbons (Fsp3) is 0.867. The van der Waals surface area contributed by atoms with E-state index in [0.29, 0.717) is 19.4 Å². The fourth-order valence-corrected chi connectivity index (χ4v) is 2.30. The Morgan fingerprint density at radius 1 is 1.00 bits per heavy atom. The van der Waals surface area contributed by atoms with Crippen LogP contribution in [-0.2, 0) is 9.59 Å². The molecule has 0 saturated heterocycles. The van der Waals surface area contributed by atoms with Gasteiger partial charge in [0.25, 0.3) is 0 Å². The Hall–Kier alpha value is -1.06. The lowest BCUT2D eigenvalue weighted by Gasteiger charge is -2.28. The van der Waals surface area contributed by atoms with Crippen LogP contribution in [0.4, 0.5) is 0 Å². The van der Waals surface area contributed by atoms with Crippen LogP contribution in [0.3, 0.4) is 0 Å². The Bertz CT molecular complexity index is 267. The molecule has 0 radical (unpaired) electrons. The number of nitrogens with two attached hydrogens (primary N) is 1. The zero-order valence-corrected chi connectivity index (χ0v) is 12.8. The maximum atomic E-state index is 11.9. The predicted molar refractivity (Wildman–Crippen MR) is 78.7 cm³/mol. The zero-order chi connectivity index (χ0) is 14.7. The van der Waals surface area contributed by atoms with E-state index in [9.17, 15) is 9.59 Å². The van der Waals surface area contributed by atoms with Gasteiger partial charge in [0, 0.05) is 13.0 Å². The molecule has 0 rings (SSSR count). The van der Waals surface area contributed by atoms with Crippen LogP contribution in [-0.4, -0.2) is 29.3 Å². The number of carbonyl (C=O) groups excluding carboxylic acids is 2. The topological polar surface area (TPSA) is 63.4 Å². The lowest BCUT2D eigenvalue weighted by atomic mass is 10.1. The minimum Gasteiger partial charge on any atom is -0.368 e. The molecule has 1 atom stereocenters. The summed E-state index contributed by atoms with van der Waals surface area (Å²) in [5.74, 6) is -0.366. The Labute approximate surface area is 117 Å². The van der Waals surface area contributed by atoms with E-state index < -0.39 is 11.9 Å². The van der Waals surface area contributed by atoms with Crippen LogP contribution < -0.4 is 5.73 Å². The van der Waals surface area contributed by atoms with Crippen molar-refractivity contribution in [2.45, 2.75) is 78.2 Å². The number of carbonyl (C=O) groups is 2. The van der Waals surface area contributed by atoms with Crippen LogP contribution in [0, 0.1) is 0 Å². The van der Waals surface area contributed by atoms with Gasteiger partial charge in [0.1, 0.15) is 6.04 Å². The SMILES string of the molecule is CCCCCCCCN(C(=O)CC)[C@@H](CC)C(N)=O. The van der Waals surface area contributed by atoms with Crippen molar-refractivity contribution in [2.24, 2.45) is 5.73 Å². The highest BCUT2D eigenvalue weighted by molar-refractivity contribution is 5.86. The maximum Gasteiger partial charge on any atom is 0.240 e. The molecule has 2 amide bonds. The third kappa shape index (κ3) is 7.19. The molecule has 0 bridgehead atoms. The minimum absolute atomic E-state index is 0.0270. The van der Waals surface area contributed by atoms with Gasteiger partial charge < -0.3 is 10.6 Å². The van der Waals surface area contributed by atoms with E-state index in [1.54, 1.807) is 4.90 Å². The molecule has 4 heteroatoms. The van der Waals surface area contributed by atoms with Crippen LogP contribution in [0.25, 0.3) is 0 Å². The molecule has 2 N–H and O–H groups in total. The van der Waals surface area contributed by atoms with Crippen LogP contribution in [0.15, 0.2) is 0 Å². The van der Waals surface area contributed by atoms with Crippen LogP contribution in [0.2, 0.25) is 0 Å². The van der Waals surface area contributed by atoms with E-state index >= 15 is 0 Å². The predicted octanol–water partition coefficient (Wildman–Crippen LogP) is 2.85. The van der Waals surface area contributed by atoms with Gasteiger partial charge in [-0.3, -0.25) is 9.59 Å². The lowest BCUT2D eigenvalue weighted by molar-refractivity contribution is -0.139. The van der Waals surface area contributed by atoms with E-state index in [2.05, 4.69) is 6.92 Å². The fourth-order valence-electron chi connectivity index (χ4n) is 2.30. The van der Waals surface area contributed by atoms with Crippen molar-refractivity contribution < 1.29 is 9.59 Å². The molecular formula is C15H30N2O2. The second-order valence-electron chi connectivity index (χ2n) is 5.03. The van der Waals surface area contributed by atoms with Crippen molar-refractivity contribution in [2.75, 3.05) is 6.54 Å². The molecule has 0 saturated carbocycles. The lowest BCUT2D eigenvalue weighted by Crippen LogP contribution is -2.47. The molecule has 4 nitrogen and oxygen atoms in total. The third-order valence-corrected chi connectivity index (χ3v) is 3.47. The van der Waals surface area contributed by atoms with Gasteiger partial charge in [-0.15, -0.1) is 0 Å². The molecule has 0 aliphatic carbocycles. The number of unbranched alkanes of at least 4 members (excludes halogenated alkanes) is 5. The summed E-state index contributed by atoms with van der Waals surface area (Å²) in [6.45, 7) is 6.57. The molecular weight excluding hydrogens is 240 g/mol. The summed E-state index contributed by atoms with van der Waals surface area (Å²) in [5.41, 5.74) is 5.38. The monoisotopic (exact) mass is 270 g/mol. The highest BCUT2D eigenvalue weighted by Gasteiger charge is 2.24. The van der Waals surface area contributed by atoms with Crippen molar-refractivity contribution in [3.05, 3.63) is 0 Å². The van der Waals surface area contributed by atoms with E-state index in [1.165, 1.54) is 25.7 Å². The van der Waals surface area contributed by atoms with E-state index in [-0.39, 0.29) is 5.91 Å². The first-order valence-corrected chi connectivity index (χ1v) is 7.67. The molecule has 112 valence electrons. The Kier molecular flexibility index (Phi) is 10.2. The van der Waals surface area contributed by atoms with Gasteiger partial charge >= 0.3 is 0 Å². The second kappa shape index (κ2) is 10.8. The molecule has 19 heavy (non-hydrogen) atoms. The Morgan fingerprint density at radius 3 is 2.05 bits per heavy atom. The highest BCUT2D eigenvalue weighted by atomic mass is 16.2. The number of amides is 2. The van der Waals surface area contributed by atoms with Crippen molar-refractivity contribution in [3.8, 4) is 0 Å². The first-order valence-electron chi connectivity index (χ1n) is 7.67. The number of nitrogens with zero attached hydrogens (tertiary/aromatic N) is 1. The normalized spacial score (nSPS) is 12.2. The largest absolute Gasteiger partial charge is 0.368 e. The van der Waals surface area contributed by atoms with E-state index in [1.807, 2.05) is 13.8 Å². The Morgan fingerprint density at radius 2 is 1.58 bits per heavy atom. The van der Waals surface area contributed by atoms with Crippen molar-refractivity contribution in [1.82, 2.24) is 4.90 Å². The van der Waals surface area contributed by atoms with Gasteiger partial charge in [-0.2, -0.15) is 0 Å². The third-order valence-electron chi connectivity index (χ3n) is 3.47. The first-order chi connectivity index (χ1) is 9.08. The molecule has 0 aromatic carbocycles. The highest BCUT2D eigenvalue weighted by Crippen LogP contribution is 2.11. The number of hydrogen-bond donors (Lipinski definition) is 1. The first kappa shape index (κ1) is 17.9. The summed E-state index contributed by atoms with van der Waals surface area (Å²) < 4.78 is 0. The molecule has 0 aliphatic rings. The molecule has 0 fully saturated rings. The molecule has 0 unspecified atom stereocenters. The zero-order valence-electron chi connectivity index (χ0n) is 12.8. The van der Waals surface area contributed by atoms with Crippen molar-refractivity contribution >= 4 is 11.8 Å². The molecule has 0 aromatic rings. The molecule has 0 aromatic heterocycles. The maximum absolute atomic E-state index is 11.9. The number of rotatable bonds is 11. The van der Waals surface area contributed by atoms with Gasteiger partial charge in [-0.25, -0.2) is 0 Å². The molecule has 0 heterocycles. The van der Waals surface area contributed by atoms with Crippen LogP contribution in [0.5, 0.6) is 0 Å². The average molecular weight is 270 g/mol. The molecule has 0 spiro atoms. The summed E-state index contributed by atoms with van der Waals surface area (Å²) in [6, 6.07) is -0.442. The summed E-state index contributed by atoms with van der Waals surface area (Å²) >= 11 is 0. The van der Waals surface area contributed by atoms with Gasteiger partial charge in [0.05, 0.1) is 0 Å². The number of primary amides is 1. The van der Waals surface area contributed by atoms with Gasteiger partial charge in [0.15, 0.2) is 0 Å². The Balaban J connectivity index is 4.21. The standard InChI is InChI=1S/C15H30N2O2/c1-4-7-8-9-10-11-12-17(14(18)6-3)13(5-2)15(16)19/h13H,4-12H2,1-3H3,(H2,16,19)/t13-/m0/s1. The van der Waals surface area contributed by atoms with E-state index in [4.69, 9.17) is 5.73 Å². The summed E-state index contributed by atoms with van der Waals surface area (Å²) in [4.78, 5) is 25.0. The quantitative estimate of drug-likeness (QED) is 0.587. The van der Waals surface area contributed by atoms with Crippen molar-refractivity contribution in [1.29, 1.82) is 0 Å². The van der Waals surface area contributed by atoms with E-state index in [0.717, 1.165) is 12.8 Å². The summed E-state index contributed by atoms with van der Waals surface area (Å²) in [7, 11) is 0. The van der Waals surface area contributed by atoms with Crippen molar-refractivity contribution in [3.63, 3.8) is 0 Å². The second-order valence-corrected chi connectivity index (χ2v) is 5.03. The van der Waals surface area contributed by atoms with Crippen LogP contribution >= 0.6 is 0 Å². The van der Waals surface area contributed by atoms with Gasteiger partial charge in [0.2, 0.25) is 11.8 Å². The summed E-state index contributed by atoms with van der Waals surface area (Å²) in [5, 5.41) is 0. The van der Waals surface area contributed by atoms with Gasteiger partial charge in [-0.05, 0) is 12.8 Å². The number of hydrogen-bond acceptors (Lipinski definition) is 2. The van der Waals surface area contributed by atoms with Crippen LogP contribution in [0.1, 0.15) is 72.1 Å². The summed E-state index contributed by atoms with van der Waals surface area (Å²) in [6.07, 6.45) is 8.07. The molecule has 0 aliphatic heterocycles. The smallest absolute Gasteiger partial charge is 0.240 e.